The van der Waals surface area contributed by atoms with Crippen LogP contribution in [0.3, 0.4) is 0 Å². The number of nitrogens with one attached hydrogen (secondary N) is 1. The van der Waals surface area contributed by atoms with Gasteiger partial charge in [-0.2, -0.15) is 0 Å². The smallest absolute Gasteiger partial charge is 0.293 e. The summed E-state index contributed by atoms with van der Waals surface area (Å²) in [6.07, 6.45) is 7.98. The molecule has 2 atom stereocenters. The van der Waals surface area contributed by atoms with Gasteiger partial charge in [0, 0.05) is 37.6 Å². The molecule has 0 amide bonds. The zero-order valence-electron chi connectivity index (χ0n) is 12.8. The Labute approximate surface area is 121 Å². The third kappa shape index (κ3) is 3.03. The topological polar surface area (TPSA) is 50.2 Å². The van der Waals surface area contributed by atoms with E-state index in [1.807, 2.05) is 7.05 Å². The summed E-state index contributed by atoms with van der Waals surface area (Å²) in [5, 5.41) is 3.32. The van der Waals surface area contributed by atoms with Crippen LogP contribution in [0.1, 0.15) is 39.5 Å². The van der Waals surface area contributed by atoms with Crippen molar-refractivity contribution in [2.45, 2.75) is 58.2 Å². The fourth-order valence-corrected chi connectivity index (χ4v) is 2.98. The van der Waals surface area contributed by atoms with Gasteiger partial charge in [0.15, 0.2) is 5.82 Å². The molecule has 5 nitrogen and oxygen atoms in total. The molecule has 1 aliphatic rings. The van der Waals surface area contributed by atoms with Crippen molar-refractivity contribution in [1.82, 2.24) is 14.9 Å². The largest absolute Gasteiger partial charge is 0.347 e. The second-order valence-electron chi connectivity index (χ2n) is 5.58. The van der Waals surface area contributed by atoms with Gasteiger partial charge in [-0.1, -0.05) is 6.92 Å². The summed E-state index contributed by atoms with van der Waals surface area (Å²) in [6, 6.07) is 0.711. The molecule has 1 aromatic heterocycles. The number of anilines is 1. The molecule has 0 saturated carbocycles. The predicted octanol–water partition coefficient (Wildman–Crippen LogP) is 1.62. The lowest BCUT2D eigenvalue weighted by molar-refractivity contribution is 0.378. The summed E-state index contributed by atoms with van der Waals surface area (Å²) in [5.41, 5.74) is 0.0459. The first-order valence-electron chi connectivity index (χ1n) is 7.68. The van der Waals surface area contributed by atoms with Crippen LogP contribution in [-0.2, 0) is 6.54 Å². The number of piperidine rings is 1. The number of nitrogens with zero attached hydrogens (tertiary/aromatic N) is 3. The Morgan fingerprint density at radius 2 is 2.30 bits per heavy atom. The Morgan fingerprint density at radius 1 is 1.50 bits per heavy atom. The van der Waals surface area contributed by atoms with Crippen LogP contribution in [0.5, 0.6) is 0 Å². The lowest BCUT2D eigenvalue weighted by Gasteiger charge is -2.39. The summed E-state index contributed by atoms with van der Waals surface area (Å²) < 4.78 is 1.78. The molecule has 5 heteroatoms. The molecule has 1 saturated heterocycles. The monoisotopic (exact) mass is 278 g/mol. The Balaban J connectivity index is 2.32. The summed E-state index contributed by atoms with van der Waals surface area (Å²) in [7, 11) is 1.98. The van der Waals surface area contributed by atoms with Gasteiger partial charge in [0.1, 0.15) is 0 Å². The van der Waals surface area contributed by atoms with Gasteiger partial charge in [-0.3, -0.25) is 4.79 Å². The summed E-state index contributed by atoms with van der Waals surface area (Å²) >= 11 is 0. The van der Waals surface area contributed by atoms with Crippen LogP contribution in [0.2, 0.25) is 0 Å². The van der Waals surface area contributed by atoms with Crippen LogP contribution in [-0.4, -0.2) is 35.2 Å². The number of hydrogen-bond donors (Lipinski definition) is 1. The number of aromatic nitrogens is 2. The highest BCUT2D eigenvalue weighted by atomic mass is 16.1. The zero-order chi connectivity index (χ0) is 14.5. The Kier molecular flexibility index (Phi) is 5.17. The van der Waals surface area contributed by atoms with Crippen molar-refractivity contribution in [3.8, 4) is 0 Å². The zero-order valence-corrected chi connectivity index (χ0v) is 12.8. The molecule has 2 heterocycles. The molecule has 0 bridgehead atoms. The van der Waals surface area contributed by atoms with E-state index >= 15 is 0 Å². The van der Waals surface area contributed by atoms with E-state index in [1.54, 1.807) is 17.0 Å². The fourth-order valence-electron chi connectivity index (χ4n) is 2.98. The lowest BCUT2D eigenvalue weighted by Crippen LogP contribution is -2.52. The Bertz CT molecular complexity index is 485. The molecule has 1 aliphatic heterocycles. The van der Waals surface area contributed by atoms with Gasteiger partial charge in [0.2, 0.25) is 0 Å². The minimum atomic E-state index is 0.0459. The van der Waals surface area contributed by atoms with E-state index < -0.39 is 0 Å². The van der Waals surface area contributed by atoms with Crippen LogP contribution >= 0.6 is 0 Å². The molecule has 1 fully saturated rings. The molecule has 20 heavy (non-hydrogen) atoms. The predicted molar refractivity (Wildman–Crippen MR) is 82.3 cm³/mol. The molecule has 0 radical (unpaired) electrons. The second-order valence-corrected chi connectivity index (χ2v) is 5.58. The van der Waals surface area contributed by atoms with Gasteiger partial charge in [-0.05, 0) is 39.7 Å². The van der Waals surface area contributed by atoms with E-state index in [2.05, 4.69) is 29.0 Å². The van der Waals surface area contributed by atoms with Crippen LogP contribution in [0.15, 0.2) is 17.2 Å². The van der Waals surface area contributed by atoms with Crippen LogP contribution in [0.4, 0.5) is 5.82 Å². The minimum absolute atomic E-state index is 0.0459. The minimum Gasteiger partial charge on any atom is -0.347 e. The molecule has 112 valence electrons. The number of aryl methyl sites for hydroxylation is 1. The summed E-state index contributed by atoms with van der Waals surface area (Å²) in [6.45, 7) is 5.94. The maximum atomic E-state index is 12.6. The van der Waals surface area contributed by atoms with Crippen LogP contribution < -0.4 is 15.8 Å². The van der Waals surface area contributed by atoms with E-state index in [0.29, 0.717) is 17.9 Å². The van der Waals surface area contributed by atoms with Crippen LogP contribution in [0.25, 0.3) is 0 Å². The van der Waals surface area contributed by atoms with Gasteiger partial charge in [-0.25, -0.2) is 4.98 Å². The molecule has 1 aromatic rings. The Hall–Kier alpha value is -1.36. The summed E-state index contributed by atoms with van der Waals surface area (Å²) in [5.74, 6) is 0.618. The molecule has 2 unspecified atom stereocenters. The van der Waals surface area contributed by atoms with E-state index in [1.165, 1.54) is 6.42 Å². The third-order valence-electron chi connectivity index (χ3n) is 4.21. The van der Waals surface area contributed by atoms with Crippen molar-refractivity contribution in [3.05, 3.63) is 22.7 Å². The molecule has 2 rings (SSSR count). The first-order chi connectivity index (χ1) is 9.69. The second kappa shape index (κ2) is 6.88. The highest BCUT2D eigenvalue weighted by Crippen LogP contribution is 2.22. The van der Waals surface area contributed by atoms with Crippen LogP contribution in [0, 0.1) is 0 Å². The quantitative estimate of drug-likeness (QED) is 0.889. The third-order valence-corrected chi connectivity index (χ3v) is 4.21. The van der Waals surface area contributed by atoms with Crippen molar-refractivity contribution in [2.24, 2.45) is 0 Å². The normalized spacial score (nSPS) is 20.9. The van der Waals surface area contributed by atoms with Crippen molar-refractivity contribution in [1.29, 1.82) is 0 Å². The number of likely N-dealkylation sites (N-methyl/N-ethyl adjacent to an activating group) is 1. The average Bonchev–Trinajstić information content (AvgIpc) is 2.49. The van der Waals surface area contributed by atoms with Crippen molar-refractivity contribution in [3.63, 3.8) is 0 Å². The molecule has 0 aromatic carbocycles. The average molecular weight is 278 g/mol. The molecule has 0 spiro atoms. The SMILES string of the molecule is CCCn1ccnc(N2CCCCC2C(C)NC)c1=O. The number of rotatable bonds is 5. The standard InChI is InChI=1S/C15H26N4O/c1-4-9-18-11-8-17-14(15(18)20)19-10-6-5-7-13(19)12(2)16-3/h8,11-13,16H,4-7,9-10H2,1-3H3. The first-order valence-corrected chi connectivity index (χ1v) is 7.68. The lowest BCUT2D eigenvalue weighted by atomic mass is 9.96. The van der Waals surface area contributed by atoms with Gasteiger partial charge in [-0.15, -0.1) is 0 Å². The van der Waals surface area contributed by atoms with E-state index in [4.69, 9.17) is 0 Å². The maximum absolute atomic E-state index is 12.6. The summed E-state index contributed by atoms with van der Waals surface area (Å²) in [4.78, 5) is 19.1. The van der Waals surface area contributed by atoms with Crippen molar-refractivity contribution < 1.29 is 0 Å². The highest BCUT2D eigenvalue weighted by molar-refractivity contribution is 5.38. The van der Waals surface area contributed by atoms with Crippen molar-refractivity contribution >= 4 is 5.82 Å². The highest BCUT2D eigenvalue weighted by Gasteiger charge is 2.29. The Morgan fingerprint density at radius 3 is 3.00 bits per heavy atom. The van der Waals surface area contributed by atoms with E-state index in [9.17, 15) is 4.79 Å². The van der Waals surface area contributed by atoms with Gasteiger partial charge >= 0.3 is 0 Å². The molecular formula is C15H26N4O. The van der Waals surface area contributed by atoms with E-state index in [0.717, 1.165) is 32.4 Å². The molecule has 0 aliphatic carbocycles. The molecule has 1 N–H and O–H groups in total. The van der Waals surface area contributed by atoms with Crippen molar-refractivity contribution in [2.75, 3.05) is 18.5 Å². The van der Waals surface area contributed by atoms with Gasteiger partial charge < -0.3 is 14.8 Å². The fraction of sp³-hybridized carbons (Fsp3) is 0.733. The van der Waals surface area contributed by atoms with Gasteiger partial charge in [0.25, 0.3) is 5.56 Å². The number of hydrogen-bond acceptors (Lipinski definition) is 4. The first kappa shape index (κ1) is 15.0. The van der Waals surface area contributed by atoms with E-state index in [-0.39, 0.29) is 5.56 Å². The van der Waals surface area contributed by atoms with Gasteiger partial charge in [0.05, 0.1) is 0 Å². The maximum Gasteiger partial charge on any atom is 0.293 e. The molecular weight excluding hydrogens is 252 g/mol.